The van der Waals surface area contributed by atoms with Crippen LogP contribution >= 0.6 is 0 Å². The van der Waals surface area contributed by atoms with Crippen molar-refractivity contribution in [1.82, 2.24) is 4.57 Å². The van der Waals surface area contributed by atoms with Crippen molar-refractivity contribution in [3.05, 3.63) is 52.9 Å². The normalized spacial score (nSPS) is 10.2. The summed E-state index contributed by atoms with van der Waals surface area (Å²) in [5.74, 6) is 1.39. The first kappa shape index (κ1) is 13.0. The van der Waals surface area contributed by atoms with Crippen molar-refractivity contribution in [3.8, 4) is 11.5 Å². The molecule has 0 atom stereocenters. The average molecular weight is 260 g/mol. The lowest BCUT2D eigenvalue weighted by atomic mass is 10.3. The lowest BCUT2D eigenvalue weighted by molar-refractivity contribution is 0.279. The summed E-state index contributed by atoms with van der Waals surface area (Å²) in [5, 5.41) is 0. The minimum Gasteiger partial charge on any atom is -0.493 e. The number of nitrogens with two attached hydrogens (primary N) is 1. The molecular weight excluding hydrogens is 244 g/mol. The van der Waals surface area contributed by atoms with Crippen LogP contribution in [0.2, 0.25) is 0 Å². The van der Waals surface area contributed by atoms with E-state index >= 15 is 0 Å². The van der Waals surface area contributed by atoms with Gasteiger partial charge in [0.05, 0.1) is 19.3 Å². The van der Waals surface area contributed by atoms with Crippen molar-refractivity contribution in [1.29, 1.82) is 0 Å². The van der Waals surface area contributed by atoms with Gasteiger partial charge in [-0.15, -0.1) is 0 Å². The first-order valence-electron chi connectivity index (χ1n) is 5.92. The van der Waals surface area contributed by atoms with Crippen molar-refractivity contribution >= 4 is 5.69 Å². The highest BCUT2D eigenvalue weighted by Gasteiger charge is 2.02. The number of nitrogen functional groups attached to an aromatic ring is 1. The van der Waals surface area contributed by atoms with E-state index in [1.807, 2.05) is 28.8 Å². The number of rotatable bonds is 5. The third-order valence-corrected chi connectivity index (χ3v) is 2.68. The summed E-state index contributed by atoms with van der Waals surface area (Å²) in [6, 6.07) is 8.90. The van der Waals surface area contributed by atoms with Crippen molar-refractivity contribution in [2.75, 3.05) is 19.5 Å². The predicted octanol–water partition coefficient (Wildman–Crippen LogP) is 1.52. The first-order valence-corrected chi connectivity index (χ1v) is 5.92. The highest BCUT2D eigenvalue weighted by atomic mass is 16.5. The largest absolute Gasteiger partial charge is 0.493 e. The molecule has 0 unspecified atom stereocenters. The Kier molecular flexibility index (Phi) is 4.07. The standard InChI is InChI=1S/C14H16N2O3/c1-18-13-4-2-3-5-14(13)19-9-8-16-7-6-12(17)11(15)10-16/h2-7,10H,8-9,15H2,1H3. The number of nitrogens with zero attached hydrogens (tertiary/aromatic N) is 1. The topological polar surface area (TPSA) is 66.5 Å². The van der Waals surface area contributed by atoms with Crippen molar-refractivity contribution in [3.63, 3.8) is 0 Å². The molecule has 1 heterocycles. The van der Waals surface area contributed by atoms with Crippen LogP contribution in [0.5, 0.6) is 11.5 Å². The SMILES string of the molecule is COc1ccccc1OCCn1ccc(=O)c(N)c1. The molecule has 100 valence electrons. The summed E-state index contributed by atoms with van der Waals surface area (Å²) >= 11 is 0. The maximum absolute atomic E-state index is 11.2. The molecule has 0 aliphatic heterocycles. The van der Waals surface area contributed by atoms with E-state index in [0.717, 1.165) is 0 Å². The van der Waals surface area contributed by atoms with Crippen molar-refractivity contribution in [2.45, 2.75) is 6.54 Å². The average Bonchev–Trinajstić information content (AvgIpc) is 2.43. The number of hydrogen-bond donors (Lipinski definition) is 1. The maximum Gasteiger partial charge on any atom is 0.204 e. The molecule has 0 saturated carbocycles. The van der Waals surface area contributed by atoms with Gasteiger partial charge in [-0.1, -0.05) is 12.1 Å². The Hall–Kier alpha value is -2.43. The molecule has 0 fully saturated rings. The molecule has 0 aliphatic rings. The van der Waals surface area contributed by atoms with Crippen molar-refractivity contribution < 1.29 is 9.47 Å². The monoisotopic (exact) mass is 260 g/mol. The van der Waals surface area contributed by atoms with Gasteiger partial charge in [0.15, 0.2) is 11.5 Å². The summed E-state index contributed by atoms with van der Waals surface area (Å²) in [7, 11) is 1.60. The van der Waals surface area contributed by atoms with Crippen LogP contribution in [0.15, 0.2) is 47.5 Å². The van der Waals surface area contributed by atoms with Gasteiger partial charge in [-0.05, 0) is 12.1 Å². The maximum atomic E-state index is 11.2. The molecule has 19 heavy (non-hydrogen) atoms. The van der Waals surface area contributed by atoms with Crippen LogP contribution in [0, 0.1) is 0 Å². The van der Waals surface area contributed by atoms with Crippen LogP contribution in [-0.4, -0.2) is 18.3 Å². The van der Waals surface area contributed by atoms with Gasteiger partial charge in [-0.25, -0.2) is 0 Å². The number of aromatic nitrogens is 1. The molecule has 0 bridgehead atoms. The Bertz CT molecular complexity index is 608. The van der Waals surface area contributed by atoms with Gasteiger partial charge in [0.1, 0.15) is 6.61 Å². The second-order valence-electron chi connectivity index (χ2n) is 4.00. The Labute approximate surface area is 111 Å². The van der Waals surface area contributed by atoms with E-state index in [0.29, 0.717) is 24.7 Å². The summed E-state index contributed by atoms with van der Waals surface area (Å²) in [6.45, 7) is 1.06. The molecule has 2 rings (SSSR count). The van der Waals surface area contributed by atoms with Crippen LogP contribution < -0.4 is 20.6 Å². The molecule has 5 heteroatoms. The van der Waals surface area contributed by atoms with E-state index in [9.17, 15) is 4.79 Å². The number of hydrogen-bond acceptors (Lipinski definition) is 4. The second-order valence-corrected chi connectivity index (χ2v) is 4.00. The molecule has 2 N–H and O–H groups in total. The summed E-state index contributed by atoms with van der Waals surface area (Å²) < 4.78 is 12.6. The van der Waals surface area contributed by atoms with Crippen LogP contribution in [0.4, 0.5) is 5.69 Å². The lowest BCUT2D eigenvalue weighted by Gasteiger charge is -2.11. The molecule has 2 aromatic rings. The fourth-order valence-corrected chi connectivity index (χ4v) is 1.68. The minimum atomic E-state index is -0.165. The third kappa shape index (κ3) is 3.28. The van der Waals surface area contributed by atoms with Gasteiger partial charge in [0, 0.05) is 18.5 Å². The van der Waals surface area contributed by atoms with Crippen LogP contribution in [0.25, 0.3) is 0 Å². The number of methoxy groups -OCH3 is 1. The van der Waals surface area contributed by atoms with E-state index in [-0.39, 0.29) is 11.1 Å². The van der Waals surface area contributed by atoms with Crippen LogP contribution in [0.1, 0.15) is 0 Å². The number of benzene rings is 1. The van der Waals surface area contributed by atoms with E-state index in [2.05, 4.69) is 0 Å². The number of pyridine rings is 1. The Morgan fingerprint density at radius 1 is 1.21 bits per heavy atom. The Balaban J connectivity index is 1.96. The number of ether oxygens (including phenoxy) is 2. The Morgan fingerprint density at radius 2 is 1.95 bits per heavy atom. The van der Waals surface area contributed by atoms with E-state index in [4.69, 9.17) is 15.2 Å². The van der Waals surface area contributed by atoms with Gasteiger partial charge in [-0.3, -0.25) is 4.79 Å². The molecule has 0 spiro atoms. The lowest BCUT2D eigenvalue weighted by Crippen LogP contribution is -2.14. The molecule has 1 aromatic heterocycles. The number of anilines is 1. The highest BCUT2D eigenvalue weighted by molar-refractivity contribution is 5.39. The van der Waals surface area contributed by atoms with Gasteiger partial charge in [-0.2, -0.15) is 0 Å². The highest BCUT2D eigenvalue weighted by Crippen LogP contribution is 2.25. The van der Waals surface area contributed by atoms with Crippen LogP contribution in [0.3, 0.4) is 0 Å². The fraction of sp³-hybridized carbons (Fsp3) is 0.214. The minimum absolute atomic E-state index is 0.165. The molecule has 1 aromatic carbocycles. The zero-order valence-electron chi connectivity index (χ0n) is 10.7. The van der Waals surface area contributed by atoms with Gasteiger partial charge in [0.2, 0.25) is 5.43 Å². The second kappa shape index (κ2) is 5.95. The molecule has 5 nitrogen and oxygen atoms in total. The molecular formula is C14H16N2O3. The molecule has 0 saturated heterocycles. The van der Waals surface area contributed by atoms with Crippen molar-refractivity contribution in [2.24, 2.45) is 0 Å². The molecule has 0 radical (unpaired) electrons. The summed E-state index contributed by atoms with van der Waals surface area (Å²) in [4.78, 5) is 11.2. The third-order valence-electron chi connectivity index (χ3n) is 2.68. The molecule has 0 aliphatic carbocycles. The first-order chi connectivity index (χ1) is 9.20. The Morgan fingerprint density at radius 3 is 2.63 bits per heavy atom. The van der Waals surface area contributed by atoms with E-state index < -0.39 is 0 Å². The fourth-order valence-electron chi connectivity index (χ4n) is 1.68. The quantitative estimate of drug-likeness (QED) is 0.885. The predicted molar refractivity (Wildman–Crippen MR) is 73.6 cm³/mol. The summed E-state index contributed by atoms with van der Waals surface area (Å²) in [5.41, 5.74) is 5.63. The number of para-hydroxylation sites is 2. The van der Waals surface area contributed by atoms with Gasteiger partial charge in [0.25, 0.3) is 0 Å². The van der Waals surface area contributed by atoms with Gasteiger partial charge >= 0.3 is 0 Å². The van der Waals surface area contributed by atoms with Crippen LogP contribution in [-0.2, 0) is 6.54 Å². The zero-order valence-corrected chi connectivity index (χ0v) is 10.7. The van der Waals surface area contributed by atoms with E-state index in [1.54, 1.807) is 19.5 Å². The smallest absolute Gasteiger partial charge is 0.204 e. The van der Waals surface area contributed by atoms with E-state index in [1.165, 1.54) is 6.07 Å². The molecule has 0 amide bonds. The summed E-state index contributed by atoms with van der Waals surface area (Å²) in [6.07, 6.45) is 3.29. The van der Waals surface area contributed by atoms with Gasteiger partial charge < -0.3 is 19.8 Å². The zero-order chi connectivity index (χ0) is 13.7.